The summed E-state index contributed by atoms with van der Waals surface area (Å²) in [4.78, 5) is 56.4. The second kappa shape index (κ2) is 15.0. The van der Waals surface area contributed by atoms with Crippen LogP contribution < -0.4 is 16.1 Å². The molecular weight excluding hydrogens is 702 g/mol. The molecule has 0 spiro atoms. The first-order chi connectivity index (χ1) is 23.2. The van der Waals surface area contributed by atoms with Crippen molar-refractivity contribution in [1.82, 2.24) is 19.9 Å². The van der Waals surface area contributed by atoms with Gasteiger partial charge >= 0.3 is 26.0 Å². The summed E-state index contributed by atoms with van der Waals surface area (Å²) in [7, 11) is -4.55. The van der Waals surface area contributed by atoms with Crippen LogP contribution in [0.1, 0.15) is 70.1 Å². The summed E-state index contributed by atoms with van der Waals surface area (Å²) in [6.07, 6.45) is -1.92. The quantitative estimate of drug-likeness (QED) is 0.106. The summed E-state index contributed by atoms with van der Waals surface area (Å²) in [6, 6.07) is 4.51. The van der Waals surface area contributed by atoms with Gasteiger partial charge in [0.1, 0.15) is 16.4 Å². The third-order valence-corrected chi connectivity index (χ3v) is 9.17. The molecular formula is C32H37F3N5O8PS. The van der Waals surface area contributed by atoms with E-state index in [-0.39, 0.29) is 50.9 Å². The molecule has 18 heteroatoms. The zero-order chi connectivity index (χ0) is 37.2. The number of nitrogens with zero attached hydrogens (tertiary/aromatic N) is 3. The number of carboxylic acids is 1. The number of rotatable bonds is 12. The fourth-order valence-corrected chi connectivity index (χ4v) is 7.08. The van der Waals surface area contributed by atoms with E-state index in [0.29, 0.717) is 24.3 Å². The number of amides is 2. The molecule has 4 aromatic rings. The number of urea groups is 1. The normalized spacial score (nSPS) is 14.1. The van der Waals surface area contributed by atoms with Crippen LogP contribution in [0.25, 0.3) is 32.6 Å². The van der Waals surface area contributed by atoms with Crippen LogP contribution in [0, 0.1) is 5.92 Å². The summed E-state index contributed by atoms with van der Waals surface area (Å²) >= 11 is 0.714. The van der Waals surface area contributed by atoms with Gasteiger partial charge in [-0.25, -0.2) is 24.1 Å². The first kappa shape index (κ1) is 38.6. The lowest BCUT2D eigenvalue weighted by atomic mass is 9.98. The lowest BCUT2D eigenvalue weighted by Gasteiger charge is -2.27. The lowest BCUT2D eigenvalue weighted by molar-refractivity contribution is -0.140. The molecule has 0 aliphatic carbocycles. The number of phosphoric ester groups is 1. The maximum absolute atomic E-state index is 13.6. The van der Waals surface area contributed by atoms with Crippen molar-refractivity contribution < 1.29 is 46.4 Å². The molecule has 3 aromatic heterocycles. The van der Waals surface area contributed by atoms with E-state index < -0.39 is 54.3 Å². The van der Waals surface area contributed by atoms with Crippen molar-refractivity contribution in [3.63, 3.8) is 0 Å². The maximum atomic E-state index is 13.6. The van der Waals surface area contributed by atoms with Gasteiger partial charge in [-0.1, -0.05) is 19.9 Å². The number of phosphoric acid groups is 1. The maximum Gasteiger partial charge on any atom is 0.472 e. The molecule has 0 saturated heterocycles. The molecule has 3 heterocycles. The highest BCUT2D eigenvalue weighted by Gasteiger charge is 2.34. The van der Waals surface area contributed by atoms with Crippen molar-refractivity contribution in [2.24, 2.45) is 5.92 Å². The number of pyridine rings is 2. The smallest absolute Gasteiger partial charge is 0.472 e. The summed E-state index contributed by atoms with van der Waals surface area (Å²) in [5.74, 6) is -1.51. The van der Waals surface area contributed by atoms with E-state index in [4.69, 9.17) is 9.05 Å². The van der Waals surface area contributed by atoms with Crippen LogP contribution >= 0.6 is 19.2 Å². The third kappa shape index (κ3) is 9.54. The molecule has 2 amide bonds. The Balaban J connectivity index is 1.90. The predicted octanol–water partition coefficient (Wildman–Crippen LogP) is 7.56. The largest absolute Gasteiger partial charge is 0.477 e. The van der Waals surface area contributed by atoms with E-state index in [1.807, 2.05) is 13.8 Å². The molecule has 13 nitrogen and oxygen atoms in total. The molecule has 0 aliphatic rings. The molecule has 0 radical (unpaired) electrons. The van der Waals surface area contributed by atoms with Crippen LogP contribution in [0.15, 0.2) is 46.8 Å². The molecule has 4 N–H and O–H groups in total. The van der Waals surface area contributed by atoms with Gasteiger partial charge in [0.05, 0.1) is 23.8 Å². The Hall–Kier alpha value is -4.15. The summed E-state index contributed by atoms with van der Waals surface area (Å²) < 4.78 is 65.3. The molecule has 2 atom stereocenters. The first-order valence-corrected chi connectivity index (χ1v) is 17.7. The van der Waals surface area contributed by atoms with Crippen LogP contribution in [0.5, 0.6) is 0 Å². The Morgan fingerprint density at radius 3 is 2.42 bits per heavy atom. The number of carboxylic acid groups (broad SMARTS) is 1. The minimum absolute atomic E-state index is 0.00714. The van der Waals surface area contributed by atoms with E-state index in [9.17, 15) is 42.1 Å². The average molecular weight is 740 g/mol. The lowest BCUT2D eigenvalue weighted by Crippen LogP contribution is -2.28. The summed E-state index contributed by atoms with van der Waals surface area (Å²) in [5.41, 5.74) is -2.60. The van der Waals surface area contributed by atoms with Crippen molar-refractivity contribution in [3.8, 4) is 21.7 Å². The highest BCUT2D eigenvalue weighted by Crippen LogP contribution is 2.48. The SMILES string of the molecule is CCNC(=O)Nc1cc(-c2nc(C(F)(F)F)cs2)c(-c2ccc3c(c2)c(=O)c(C(=O)O)cn3[C@H](COP(=O)(O)OC(C)(C)C)CC(C)C)cn1. The highest BCUT2D eigenvalue weighted by molar-refractivity contribution is 7.47. The van der Waals surface area contributed by atoms with Gasteiger partial charge in [-0.15, -0.1) is 11.3 Å². The van der Waals surface area contributed by atoms with E-state index >= 15 is 0 Å². The van der Waals surface area contributed by atoms with Crippen LogP contribution in [0.3, 0.4) is 0 Å². The Morgan fingerprint density at radius 1 is 1.14 bits per heavy atom. The van der Waals surface area contributed by atoms with Gasteiger partial charge in [0.15, 0.2) is 5.69 Å². The summed E-state index contributed by atoms with van der Waals surface area (Å²) in [5, 5.41) is 15.8. The van der Waals surface area contributed by atoms with E-state index in [2.05, 4.69) is 20.6 Å². The molecule has 1 unspecified atom stereocenters. The number of carbonyl (C=O) groups is 2. The minimum Gasteiger partial charge on any atom is -0.477 e. The van der Waals surface area contributed by atoms with Crippen LogP contribution in [-0.4, -0.2) is 55.3 Å². The number of anilines is 1. The summed E-state index contributed by atoms with van der Waals surface area (Å²) in [6.45, 7) is 10.1. The van der Waals surface area contributed by atoms with E-state index in [1.165, 1.54) is 29.0 Å². The fourth-order valence-electron chi connectivity index (χ4n) is 5.12. The molecule has 270 valence electrons. The molecule has 0 aliphatic heterocycles. The zero-order valence-corrected chi connectivity index (χ0v) is 29.7. The Kier molecular flexibility index (Phi) is 11.6. The molecule has 50 heavy (non-hydrogen) atoms. The predicted molar refractivity (Wildman–Crippen MR) is 182 cm³/mol. The van der Waals surface area contributed by atoms with Crippen molar-refractivity contribution in [3.05, 3.63) is 63.5 Å². The van der Waals surface area contributed by atoms with Crippen LogP contribution in [0.4, 0.5) is 23.8 Å². The minimum atomic E-state index is -4.72. The van der Waals surface area contributed by atoms with Crippen molar-refractivity contribution >= 4 is 47.9 Å². The second-order valence-corrected chi connectivity index (χ2v) is 14.9. The number of fused-ring (bicyclic) bond motifs is 1. The van der Waals surface area contributed by atoms with Crippen LogP contribution in [0.2, 0.25) is 0 Å². The van der Waals surface area contributed by atoms with Crippen molar-refractivity contribution in [2.45, 2.75) is 65.8 Å². The number of halogens is 3. The van der Waals surface area contributed by atoms with Gasteiger partial charge in [0.2, 0.25) is 5.43 Å². The molecule has 4 rings (SSSR count). The van der Waals surface area contributed by atoms with Gasteiger partial charge in [0.25, 0.3) is 0 Å². The topological polar surface area (TPSA) is 182 Å². The Morgan fingerprint density at radius 2 is 1.84 bits per heavy atom. The van der Waals surface area contributed by atoms with Crippen LogP contribution in [-0.2, 0) is 19.8 Å². The van der Waals surface area contributed by atoms with E-state index in [0.717, 1.165) is 11.6 Å². The molecule has 0 saturated carbocycles. The number of nitrogens with one attached hydrogen (secondary N) is 2. The van der Waals surface area contributed by atoms with E-state index in [1.54, 1.807) is 33.8 Å². The molecule has 0 fully saturated rings. The second-order valence-electron chi connectivity index (χ2n) is 12.7. The number of aromatic carboxylic acids is 1. The standard InChI is InChI=1S/C32H37F3N5O8PS/c1-7-36-30(44)39-26-12-20(28-38-25(16-50-28)32(33,34)35)22(13-37-26)18-8-9-24-21(11-18)27(41)23(29(42)43)14-40(24)19(10-17(2)3)15-47-49(45,46)48-31(4,5)6/h8-9,11-14,16-17,19H,7,10,15H2,1-6H3,(H,42,43)(H,45,46)(H2,36,37,39,44)/t19-/m0/s1. The highest BCUT2D eigenvalue weighted by atomic mass is 32.1. The number of aromatic nitrogens is 3. The zero-order valence-electron chi connectivity index (χ0n) is 28.0. The first-order valence-electron chi connectivity index (χ1n) is 15.4. The molecule has 1 aromatic carbocycles. The Bertz CT molecular complexity index is 2010. The third-order valence-electron chi connectivity index (χ3n) is 7.04. The number of hydrogen-bond acceptors (Lipinski definition) is 9. The Labute approximate surface area is 289 Å². The van der Waals surface area contributed by atoms with Gasteiger partial charge < -0.3 is 19.9 Å². The number of thiazole rings is 1. The van der Waals surface area contributed by atoms with Gasteiger partial charge in [-0.05, 0) is 63.8 Å². The fraction of sp³-hybridized carbons (Fsp3) is 0.406. The average Bonchev–Trinajstić information content (AvgIpc) is 3.49. The number of carbonyl (C=O) groups excluding carboxylic acids is 1. The molecule has 0 bridgehead atoms. The van der Waals surface area contributed by atoms with Gasteiger partial charge in [-0.2, -0.15) is 13.2 Å². The number of benzene rings is 1. The number of hydrogen-bond donors (Lipinski definition) is 4. The van der Waals surface area contributed by atoms with Gasteiger partial charge in [-0.3, -0.25) is 19.2 Å². The van der Waals surface area contributed by atoms with Gasteiger partial charge in [0, 0.05) is 40.8 Å². The monoisotopic (exact) mass is 739 g/mol. The van der Waals surface area contributed by atoms with Crippen molar-refractivity contribution in [2.75, 3.05) is 18.5 Å². The van der Waals surface area contributed by atoms with Crippen molar-refractivity contribution in [1.29, 1.82) is 0 Å². The number of alkyl halides is 3.